The van der Waals surface area contributed by atoms with Gasteiger partial charge in [0, 0.05) is 17.8 Å². The van der Waals surface area contributed by atoms with Gasteiger partial charge in [-0.05, 0) is 30.7 Å². The number of amides is 2. The van der Waals surface area contributed by atoms with Crippen LogP contribution in [0, 0.1) is 11.3 Å². The van der Waals surface area contributed by atoms with Crippen molar-refractivity contribution in [1.82, 2.24) is 10.3 Å². The van der Waals surface area contributed by atoms with E-state index in [4.69, 9.17) is 5.26 Å². The van der Waals surface area contributed by atoms with Crippen LogP contribution in [0.4, 0.5) is 5.69 Å². The van der Waals surface area contributed by atoms with Crippen LogP contribution in [0.3, 0.4) is 0 Å². The van der Waals surface area contributed by atoms with Crippen LogP contribution in [0.2, 0.25) is 0 Å². The van der Waals surface area contributed by atoms with Gasteiger partial charge in [-0.2, -0.15) is 5.26 Å². The van der Waals surface area contributed by atoms with E-state index in [9.17, 15) is 18.0 Å². The van der Waals surface area contributed by atoms with Crippen molar-refractivity contribution in [3.05, 3.63) is 59.4 Å². The highest BCUT2D eigenvalue weighted by Crippen LogP contribution is 2.15. The Hall–Kier alpha value is -3.25. The number of sulfone groups is 1. The number of anilines is 1. The Kier molecular flexibility index (Phi) is 5.19. The number of hydrogen-bond acceptors (Lipinski definition) is 6. The number of rotatable bonds is 4. The van der Waals surface area contributed by atoms with Gasteiger partial charge in [-0.1, -0.05) is 12.1 Å². The van der Waals surface area contributed by atoms with Gasteiger partial charge in [-0.3, -0.25) is 14.6 Å². The Labute approximate surface area is 156 Å². The SMILES string of the molecule is N#Cc1ccccc1NC(=O)c1cc(C(=O)NC2CCS(=O)(=O)C2)ccn1. The Morgan fingerprint density at radius 3 is 2.67 bits per heavy atom. The maximum atomic E-state index is 12.4. The minimum absolute atomic E-state index is 0.00874. The monoisotopic (exact) mass is 384 g/mol. The first-order valence-corrected chi connectivity index (χ1v) is 9.98. The topological polar surface area (TPSA) is 129 Å². The molecule has 1 atom stereocenters. The smallest absolute Gasteiger partial charge is 0.274 e. The molecule has 0 spiro atoms. The fourth-order valence-electron chi connectivity index (χ4n) is 2.75. The van der Waals surface area contributed by atoms with Crippen LogP contribution in [0.1, 0.15) is 32.8 Å². The number of nitrogens with zero attached hydrogens (tertiary/aromatic N) is 2. The van der Waals surface area contributed by atoms with Crippen molar-refractivity contribution in [3.8, 4) is 6.07 Å². The first-order valence-electron chi connectivity index (χ1n) is 8.16. The highest BCUT2D eigenvalue weighted by molar-refractivity contribution is 7.91. The summed E-state index contributed by atoms with van der Waals surface area (Å²) < 4.78 is 23.0. The molecule has 2 amide bonds. The molecule has 0 radical (unpaired) electrons. The lowest BCUT2D eigenvalue weighted by molar-refractivity contribution is 0.0941. The molecular formula is C18H16N4O4S. The molecule has 2 aromatic rings. The van der Waals surface area contributed by atoms with E-state index in [1.54, 1.807) is 24.3 Å². The molecule has 1 aromatic heterocycles. The quantitative estimate of drug-likeness (QED) is 0.813. The minimum atomic E-state index is -3.10. The zero-order valence-corrected chi connectivity index (χ0v) is 15.0. The van der Waals surface area contributed by atoms with Crippen LogP contribution in [0.15, 0.2) is 42.6 Å². The van der Waals surface area contributed by atoms with Crippen LogP contribution in [0.5, 0.6) is 0 Å². The van der Waals surface area contributed by atoms with Gasteiger partial charge >= 0.3 is 0 Å². The normalized spacial score (nSPS) is 17.7. The molecule has 0 aliphatic carbocycles. The third-order valence-corrected chi connectivity index (χ3v) is 5.89. The van der Waals surface area contributed by atoms with Gasteiger partial charge in [-0.15, -0.1) is 0 Å². The molecule has 3 rings (SSSR count). The van der Waals surface area contributed by atoms with Crippen LogP contribution in [0.25, 0.3) is 0 Å². The van der Waals surface area contributed by atoms with Crippen molar-refractivity contribution in [1.29, 1.82) is 5.26 Å². The van der Waals surface area contributed by atoms with Crippen molar-refractivity contribution in [3.63, 3.8) is 0 Å². The van der Waals surface area contributed by atoms with Gasteiger partial charge in [0.1, 0.15) is 11.8 Å². The second kappa shape index (κ2) is 7.55. The van der Waals surface area contributed by atoms with E-state index in [2.05, 4.69) is 15.6 Å². The molecule has 1 unspecified atom stereocenters. The van der Waals surface area contributed by atoms with Gasteiger partial charge in [0.2, 0.25) is 0 Å². The predicted molar refractivity (Wildman–Crippen MR) is 97.9 cm³/mol. The molecule has 1 fully saturated rings. The third-order valence-electron chi connectivity index (χ3n) is 4.12. The molecule has 0 bridgehead atoms. The highest BCUT2D eigenvalue weighted by atomic mass is 32.2. The largest absolute Gasteiger partial charge is 0.348 e. The first-order chi connectivity index (χ1) is 12.9. The Morgan fingerprint density at radius 1 is 1.19 bits per heavy atom. The molecular weight excluding hydrogens is 368 g/mol. The summed E-state index contributed by atoms with van der Waals surface area (Å²) in [5, 5.41) is 14.3. The summed E-state index contributed by atoms with van der Waals surface area (Å²) in [6, 6.07) is 10.8. The highest BCUT2D eigenvalue weighted by Gasteiger charge is 2.29. The molecule has 1 aliphatic rings. The van der Waals surface area contributed by atoms with Crippen molar-refractivity contribution < 1.29 is 18.0 Å². The standard InChI is InChI=1S/C18H16N4O4S/c19-10-13-3-1-2-4-15(13)22-18(24)16-9-12(5-7-20-16)17(23)21-14-6-8-27(25,26)11-14/h1-5,7,9,14H,6,8,11H2,(H,21,23)(H,22,24). The summed E-state index contributed by atoms with van der Waals surface area (Å²) in [7, 11) is -3.10. The van der Waals surface area contributed by atoms with Gasteiger partial charge in [0.25, 0.3) is 11.8 Å². The van der Waals surface area contributed by atoms with Crippen LogP contribution < -0.4 is 10.6 Å². The Morgan fingerprint density at radius 2 is 1.96 bits per heavy atom. The number of aromatic nitrogens is 1. The van der Waals surface area contributed by atoms with E-state index in [1.165, 1.54) is 18.3 Å². The van der Waals surface area contributed by atoms with Crippen LogP contribution >= 0.6 is 0 Å². The van der Waals surface area contributed by atoms with Crippen molar-refractivity contribution >= 4 is 27.3 Å². The summed E-state index contributed by atoms with van der Waals surface area (Å²) in [5.74, 6) is -1.05. The van der Waals surface area contributed by atoms with Crippen molar-refractivity contribution in [2.24, 2.45) is 0 Å². The second-order valence-corrected chi connectivity index (χ2v) is 8.34. The predicted octanol–water partition coefficient (Wildman–Crippen LogP) is 1.12. The average Bonchev–Trinajstić information content (AvgIpc) is 3.00. The summed E-state index contributed by atoms with van der Waals surface area (Å²) in [6.07, 6.45) is 1.70. The molecule has 1 saturated heterocycles. The fraction of sp³-hybridized carbons (Fsp3) is 0.222. The number of carbonyl (C=O) groups excluding carboxylic acids is 2. The summed E-state index contributed by atoms with van der Waals surface area (Å²) >= 11 is 0. The van der Waals surface area contributed by atoms with E-state index >= 15 is 0 Å². The lowest BCUT2D eigenvalue weighted by Crippen LogP contribution is -2.35. The van der Waals surface area contributed by atoms with E-state index in [0.717, 1.165) is 0 Å². The maximum absolute atomic E-state index is 12.4. The van der Waals surface area contributed by atoms with Gasteiger partial charge < -0.3 is 10.6 Å². The van der Waals surface area contributed by atoms with E-state index in [1.807, 2.05) is 6.07 Å². The molecule has 27 heavy (non-hydrogen) atoms. The number of hydrogen-bond donors (Lipinski definition) is 2. The number of pyridine rings is 1. The maximum Gasteiger partial charge on any atom is 0.274 e. The van der Waals surface area contributed by atoms with Crippen LogP contribution in [-0.2, 0) is 9.84 Å². The lowest BCUT2D eigenvalue weighted by atomic mass is 10.1. The molecule has 9 heteroatoms. The molecule has 138 valence electrons. The molecule has 1 aromatic carbocycles. The number of para-hydroxylation sites is 1. The van der Waals surface area contributed by atoms with Gasteiger partial charge in [0.05, 0.1) is 22.8 Å². The van der Waals surface area contributed by atoms with Gasteiger partial charge in [0.15, 0.2) is 9.84 Å². The average molecular weight is 384 g/mol. The zero-order valence-electron chi connectivity index (χ0n) is 14.2. The Balaban J connectivity index is 1.72. The number of nitriles is 1. The number of nitrogens with one attached hydrogen (secondary N) is 2. The minimum Gasteiger partial charge on any atom is -0.348 e. The van der Waals surface area contributed by atoms with Crippen molar-refractivity contribution in [2.45, 2.75) is 12.5 Å². The lowest BCUT2D eigenvalue weighted by Gasteiger charge is -2.11. The number of carbonyl (C=O) groups is 2. The summed E-state index contributed by atoms with van der Waals surface area (Å²) in [4.78, 5) is 28.7. The number of benzene rings is 1. The molecule has 2 heterocycles. The molecule has 8 nitrogen and oxygen atoms in total. The van der Waals surface area contributed by atoms with Gasteiger partial charge in [-0.25, -0.2) is 8.42 Å². The third kappa shape index (κ3) is 4.48. The second-order valence-electron chi connectivity index (χ2n) is 6.11. The molecule has 0 saturated carbocycles. The zero-order chi connectivity index (χ0) is 19.4. The van der Waals surface area contributed by atoms with E-state index < -0.39 is 27.7 Å². The van der Waals surface area contributed by atoms with E-state index in [0.29, 0.717) is 17.7 Å². The molecule has 2 N–H and O–H groups in total. The first kappa shape index (κ1) is 18.5. The summed E-state index contributed by atoms with van der Waals surface area (Å²) in [5.41, 5.74) is 0.863. The van der Waals surface area contributed by atoms with Crippen LogP contribution in [-0.4, -0.2) is 42.8 Å². The molecule has 1 aliphatic heterocycles. The van der Waals surface area contributed by atoms with Crippen molar-refractivity contribution in [2.75, 3.05) is 16.8 Å². The Bertz CT molecular complexity index is 1040. The fourth-order valence-corrected chi connectivity index (χ4v) is 4.42. The summed E-state index contributed by atoms with van der Waals surface area (Å²) in [6.45, 7) is 0. The van der Waals surface area contributed by atoms with E-state index in [-0.39, 0.29) is 22.8 Å².